The Morgan fingerprint density at radius 2 is 2.50 bits per heavy atom. The van der Waals surface area contributed by atoms with Crippen molar-refractivity contribution in [2.75, 3.05) is 13.1 Å². The molecule has 0 bridgehead atoms. The van der Waals surface area contributed by atoms with E-state index in [2.05, 4.69) is 28.6 Å². The van der Waals surface area contributed by atoms with Crippen LogP contribution in [0.5, 0.6) is 0 Å². The lowest BCUT2D eigenvalue weighted by molar-refractivity contribution is 0.274. The third kappa shape index (κ3) is 0.934. The quantitative estimate of drug-likeness (QED) is 0.647. The summed E-state index contributed by atoms with van der Waals surface area (Å²) in [5, 5.41) is 10.9. The van der Waals surface area contributed by atoms with Crippen LogP contribution in [0.2, 0.25) is 0 Å². The molecule has 3 rings (SSSR count). The minimum Gasteiger partial charge on any atom is -0.316 e. The fourth-order valence-corrected chi connectivity index (χ4v) is 3.20. The van der Waals surface area contributed by atoms with Crippen LogP contribution in [0.15, 0.2) is 6.20 Å². The standard InChI is InChI=1S/C11H17N3/c1-8-2-3-10-9(6-13-14-10)11(8)4-5-12-7-11/h6,8,12H,2-5,7H2,1H3,(H,13,14). The topological polar surface area (TPSA) is 40.7 Å². The highest BCUT2D eigenvalue weighted by atomic mass is 15.1. The van der Waals surface area contributed by atoms with Gasteiger partial charge >= 0.3 is 0 Å². The van der Waals surface area contributed by atoms with Gasteiger partial charge in [-0.15, -0.1) is 0 Å². The first-order chi connectivity index (χ1) is 6.83. The number of aromatic amines is 1. The molecule has 0 radical (unpaired) electrons. The number of H-pyrrole nitrogens is 1. The number of nitrogens with zero attached hydrogens (tertiary/aromatic N) is 1. The van der Waals surface area contributed by atoms with Gasteiger partial charge in [-0.1, -0.05) is 6.92 Å². The van der Waals surface area contributed by atoms with Crippen LogP contribution >= 0.6 is 0 Å². The SMILES string of the molecule is CC1CCc2[nH]ncc2C12CCNC2. The number of nitrogens with one attached hydrogen (secondary N) is 2. The largest absolute Gasteiger partial charge is 0.316 e. The molecule has 1 aromatic rings. The first kappa shape index (κ1) is 8.48. The number of hydrogen-bond donors (Lipinski definition) is 2. The maximum atomic E-state index is 4.20. The van der Waals surface area contributed by atoms with Gasteiger partial charge in [0, 0.05) is 23.2 Å². The smallest absolute Gasteiger partial charge is 0.0528 e. The highest BCUT2D eigenvalue weighted by Gasteiger charge is 2.44. The van der Waals surface area contributed by atoms with Crippen LogP contribution < -0.4 is 5.32 Å². The van der Waals surface area contributed by atoms with Gasteiger partial charge in [-0.05, 0) is 31.7 Å². The molecular weight excluding hydrogens is 174 g/mol. The Bertz CT molecular complexity index is 336. The first-order valence-electron chi connectivity index (χ1n) is 5.56. The molecule has 0 amide bonds. The molecule has 1 fully saturated rings. The van der Waals surface area contributed by atoms with E-state index >= 15 is 0 Å². The Morgan fingerprint density at radius 3 is 3.29 bits per heavy atom. The van der Waals surface area contributed by atoms with Crippen molar-refractivity contribution >= 4 is 0 Å². The molecule has 1 saturated heterocycles. The van der Waals surface area contributed by atoms with Crippen LogP contribution in [0, 0.1) is 5.92 Å². The maximum absolute atomic E-state index is 4.20. The Morgan fingerprint density at radius 1 is 1.57 bits per heavy atom. The molecule has 2 atom stereocenters. The van der Waals surface area contributed by atoms with E-state index in [-0.39, 0.29) is 0 Å². The van der Waals surface area contributed by atoms with Gasteiger partial charge in [-0.2, -0.15) is 5.10 Å². The summed E-state index contributed by atoms with van der Waals surface area (Å²) in [5.74, 6) is 0.794. The lowest BCUT2D eigenvalue weighted by Gasteiger charge is -2.38. The highest BCUT2D eigenvalue weighted by molar-refractivity contribution is 5.33. The molecule has 2 aliphatic rings. The summed E-state index contributed by atoms with van der Waals surface area (Å²) in [5.41, 5.74) is 3.26. The molecule has 1 aliphatic carbocycles. The average Bonchev–Trinajstić information content (AvgIpc) is 2.82. The fourth-order valence-electron chi connectivity index (χ4n) is 3.20. The van der Waals surface area contributed by atoms with Crippen molar-refractivity contribution in [1.82, 2.24) is 15.5 Å². The van der Waals surface area contributed by atoms with E-state index < -0.39 is 0 Å². The molecule has 14 heavy (non-hydrogen) atoms. The third-order valence-electron chi connectivity index (χ3n) is 4.21. The van der Waals surface area contributed by atoms with E-state index in [9.17, 15) is 0 Å². The highest BCUT2D eigenvalue weighted by Crippen LogP contribution is 2.44. The number of rotatable bonds is 0. The molecule has 0 aromatic carbocycles. The van der Waals surface area contributed by atoms with Crippen LogP contribution in [-0.2, 0) is 11.8 Å². The van der Waals surface area contributed by atoms with Crippen molar-refractivity contribution in [3.8, 4) is 0 Å². The van der Waals surface area contributed by atoms with Gasteiger partial charge in [0.2, 0.25) is 0 Å². The zero-order chi connectivity index (χ0) is 9.60. The van der Waals surface area contributed by atoms with Gasteiger partial charge in [0.05, 0.1) is 6.20 Å². The molecule has 2 N–H and O–H groups in total. The second-order valence-corrected chi connectivity index (χ2v) is 4.78. The van der Waals surface area contributed by atoms with Crippen LogP contribution in [0.3, 0.4) is 0 Å². The monoisotopic (exact) mass is 191 g/mol. The van der Waals surface area contributed by atoms with E-state index in [4.69, 9.17) is 0 Å². The Hall–Kier alpha value is -0.830. The van der Waals surface area contributed by atoms with Gasteiger partial charge in [0.25, 0.3) is 0 Å². The number of aryl methyl sites for hydroxylation is 1. The first-order valence-corrected chi connectivity index (χ1v) is 5.56. The van der Waals surface area contributed by atoms with Crippen LogP contribution in [-0.4, -0.2) is 23.3 Å². The summed E-state index contributed by atoms with van der Waals surface area (Å²) >= 11 is 0. The molecule has 1 aliphatic heterocycles. The molecule has 3 nitrogen and oxygen atoms in total. The molecule has 2 heterocycles. The Labute approximate surface area is 84.3 Å². The van der Waals surface area contributed by atoms with Crippen molar-refractivity contribution < 1.29 is 0 Å². The molecule has 0 saturated carbocycles. The van der Waals surface area contributed by atoms with E-state index in [1.807, 2.05) is 0 Å². The van der Waals surface area contributed by atoms with Crippen LogP contribution in [0.4, 0.5) is 0 Å². The maximum Gasteiger partial charge on any atom is 0.0528 e. The Balaban J connectivity index is 2.11. The summed E-state index contributed by atoms with van der Waals surface area (Å²) < 4.78 is 0. The van der Waals surface area contributed by atoms with Gasteiger partial charge in [-0.3, -0.25) is 5.10 Å². The zero-order valence-corrected chi connectivity index (χ0v) is 8.64. The summed E-state index contributed by atoms with van der Waals surface area (Å²) in [4.78, 5) is 0. The molecule has 1 spiro atoms. The second kappa shape index (κ2) is 2.83. The van der Waals surface area contributed by atoms with Crippen molar-refractivity contribution in [3.63, 3.8) is 0 Å². The van der Waals surface area contributed by atoms with Gasteiger partial charge in [0.15, 0.2) is 0 Å². The number of fused-ring (bicyclic) bond motifs is 2. The summed E-state index contributed by atoms with van der Waals surface area (Å²) in [6.45, 7) is 4.69. The molecule has 1 aromatic heterocycles. The second-order valence-electron chi connectivity index (χ2n) is 4.78. The van der Waals surface area contributed by atoms with Gasteiger partial charge in [-0.25, -0.2) is 0 Å². The van der Waals surface area contributed by atoms with Crippen molar-refractivity contribution in [2.24, 2.45) is 5.92 Å². The predicted octanol–water partition coefficient (Wildman–Crippen LogP) is 1.22. The van der Waals surface area contributed by atoms with Gasteiger partial charge in [0.1, 0.15) is 0 Å². The molecular formula is C11H17N3. The number of hydrogen-bond acceptors (Lipinski definition) is 2. The van der Waals surface area contributed by atoms with E-state index in [1.165, 1.54) is 30.5 Å². The van der Waals surface area contributed by atoms with E-state index in [0.717, 1.165) is 19.0 Å². The van der Waals surface area contributed by atoms with Crippen molar-refractivity contribution in [2.45, 2.75) is 31.6 Å². The summed E-state index contributed by atoms with van der Waals surface area (Å²) in [6, 6.07) is 0. The van der Waals surface area contributed by atoms with E-state index in [1.54, 1.807) is 0 Å². The van der Waals surface area contributed by atoms with Crippen molar-refractivity contribution in [1.29, 1.82) is 0 Å². The minimum atomic E-state index is 0.389. The normalized spacial score (nSPS) is 36.2. The minimum absolute atomic E-state index is 0.389. The van der Waals surface area contributed by atoms with Crippen molar-refractivity contribution in [3.05, 3.63) is 17.5 Å². The van der Waals surface area contributed by atoms with Crippen LogP contribution in [0.1, 0.15) is 31.0 Å². The zero-order valence-electron chi connectivity index (χ0n) is 8.64. The molecule has 3 heteroatoms. The number of aromatic nitrogens is 2. The summed E-state index contributed by atoms with van der Waals surface area (Å²) in [7, 11) is 0. The Kier molecular flexibility index (Phi) is 1.71. The molecule has 76 valence electrons. The predicted molar refractivity (Wildman–Crippen MR) is 55.2 cm³/mol. The lowest BCUT2D eigenvalue weighted by Crippen LogP contribution is -2.39. The fraction of sp³-hybridized carbons (Fsp3) is 0.727. The third-order valence-corrected chi connectivity index (χ3v) is 4.21. The lowest BCUT2D eigenvalue weighted by atomic mass is 9.65. The van der Waals surface area contributed by atoms with Crippen LogP contribution in [0.25, 0.3) is 0 Å². The van der Waals surface area contributed by atoms with Gasteiger partial charge < -0.3 is 5.32 Å². The molecule has 2 unspecified atom stereocenters. The average molecular weight is 191 g/mol. The summed E-state index contributed by atoms with van der Waals surface area (Å²) in [6.07, 6.45) is 5.81. The van der Waals surface area contributed by atoms with E-state index in [0.29, 0.717) is 5.41 Å².